The van der Waals surface area contributed by atoms with Gasteiger partial charge in [0.05, 0.1) is 11.4 Å². The summed E-state index contributed by atoms with van der Waals surface area (Å²) in [4.78, 5) is 0. The third-order valence-corrected chi connectivity index (χ3v) is 3.10. The average Bonchev–Trinajstić information content (AvgIpc) is 2.43. The van der Waals surface area contributed by atoms with Crippen LogP contribution in [0, 0.1) is 5.82 Å². The SMILES string of the molecule is CCCCc1ccc(Nc2cccc(F)c2N)cc1. The molecule has 0 aromatic heterocycles. The molecular formula is C16H19FN2. The first-order chi connectivity index (χ1) is 9.20. The van der Waals surface area contributed by atoms with Crippen molar-refractivity contribution in [3.8, 4) is 0 Å². The van der Waals surface area contributed by atoms with Gasteiger partial charge in [-0.2, -0.15) is 0 Å². The van der Waals surface area contributed by atoms with Gasteiger partial charge < -0.3 is 11.1 Å². The van der Waals surface area contributed by atoms with Crippen LogP contribution >= 0.6 is 0 Å². The van der Waals surface area contributed by atoms with Gasteiger partial charge in [0.2, 0.25) is 0 Å². The summed E-state index contributed by atoms with van der Waals surface area (Å²) in [5.74, 6) is -0.399. The Labute approximate surface area is 113 Å². The van der Waals surface area contributed by atoms with Crippen LogP contribution in [0.1, 0.15) is 25.3 Å². The number of rotatable bonds is 5. The summed E-state index contributed by atoms with van der Waals surface area (Å²) in [6.45, 7) is 2.18. The van der Waals surface area contributed by atoms with Gasteiger partial charge in [0.1, 0.15) is 5.82 Å². The maximum atomic E-state index is 13.3. The summed E-state index contributed by atoms with van der Waals surface area (Å²) in [7, 11) is 0. The van der Waals surface area contributed by atoms with Crippen LogP contribution in [0.5, 0.6) is 0 Å². The number of hydrogen-bond acceptors (Lipinski definition) is 2. The number of anilines is 3. The number of nitrogens with two attached hydrogens (primary N) is 1. The number of halogens is 1. The maximum absolute atomic E-state index is 13.3. The van der Waals surface area contributed by atoms with Crippen molar-refractivity contribution in [1.29, 1.82) is 0 Å². The van der Waals surface area contributed by atoms with E-state index >= 15 is 0 Å². The van der Waals surface area contributed by atoms with E-state index in [0.717, 1.165) is 12.1 Å². The molecule has 2 nitrogen and oxygen atoms in total. The quantitative estimate of drug-likeness (QED) is 0.775. The van der Waals surface area contributed by atoms with Crippen LogP contribution in [-0.2, 0) is 6.42 Å². The van der Waals surface area contributed by atoms with Crippen LogP contribution in [0.25, 0.3) is 0 Å². The maximum Gasteiger partial charge on any atom is 0.148 e. The summed E-state index contributed by atoms with van der Waals surface area (Å²) in [5.41, 5.74) is 8.67. The van der Waals surface area contributed by atoms with E-state index in [4.69, 9.17) is 5.73 Å². The van der Waals surface area contributed by atoms with E-state index in [1.807, 2.05) is 12.1 Å². The number of benzene rings is 2. The largest absolute Gasteiger partial charge is 0.395 e. The molecule has 3 heteroatoms. The summed E-state index contributed by atoms with van der Waals surface area (Å²) < 4.78 is 13.3. The fraction of sp³-hybridized carbons (Fsp3) is 0.250. The van der Waals surface area contributed by atoms with Crippen molar-refractivity contribution >= 4 is 17.1 Å². The van der Waals surface area contributed by atoms with E-state index in [1.54, 1.807) is 12.1 Å². The Kier molecular flexibility index (Phi) is 4.39. The summed E-state index contributed by atoms with van der Waals surface area (Å²) in [6.07, 6.45) is 3.49. The Morgan fingerprint density at radius 1 is 1.11 bits per heavy atom. The number of para-hydroxylation sites is 1. The molecule has 3 N–H and O–H groups in total. The predicted molar refractivity (Wildman–Crippen MR) is 79.1 cm³/mol. The highest BCUT2D eigenvalue weighted by molar-refractivity contribution is 5.72. The van der Waals surface area contributed by atoms with Gasteiger partial charge in [-0.25, -0.2) is 4.39 Å². The lowest BCUT2D eigenvalue weighted by atomic mass is 10.1. The second kappa shape index (κ2) is 6.23. The normalized spacial score (nSPS) is 10.4. The van der Waals surface area contributed by atoms with Crippen molar-refractivity contribution in [3.05, 3.63) is 53.8 Å². The van der Waals surface area contributed by atoms with Gasteiger partial charge in [-0.3, -0.25) is 0 Å². The molecule has 2 aromatic carbocycles. The second-order valence-electron chi connectivity index (χ2n) is 4.63. The number of nitrogens with one attached hydrogen (secondary N) is 1. The molecule has 0 heterocycles. The smallest absolute Gasteiger partial charge is 0.148 e. The van der Waals surface area contributed by atoms with Gasteiger partial charge in [-0.15, -0.1) is 0 Å². The molecule has 0 aliphatic carbocycles. The molecule has 0 aliphatic heterocycles. The van der Waals surface area contributed by atoms with Crippen LogP contribution in [0.2, 0.25) is 0 Å². The first-order valence-electron chi connectivity index (χ1n) is 6.60. The zero-order chi connectivity index (χ0) is 13.7. The fourth-order valence-electron chi connectivity index (χ4n) is 1.94. The van der Waals surface area contributed by atoms with E-state index in [2.05, 4.69) is 24.4 Å². The molecule has 0 atom stereocenters. The van der Waals surface area contributed by atoms with Crippen molar-refractivity contribution in [2.24, 2.45) is 0 Å². The third-order valence-electron chi connectivity index (χ3n) is 3.10. The number of aryl methyl sites for hydroxylation is 1. The zero-order valence-corrected chi connectivity index (χ0v) is 11.1. The first-order valence-corrected chi connectivity index (χ1v) is 6.60. The van der Waals surface area contributed by atoms with Crippen molar-refractivity contribution < 1.29 is 4.39 Å². The van der Waals surface area contributed by atoms with Gasteiger partial charge >= 0.3 is 0 Å². The third kappa shape index (κ3) is 3.47. The molecule has 2 aromatic rings. The first kappa shape index (κ1) is 13.4. The van der Waals surface area contributed by atoms with E-state index in [-0.39, 0.29) is 5.69 Å². The highest BCUT2D eigenvalue weighted by atomic mass is 19.1. The Bertz CT molecular complexity index is 535. The molecule has 0 spiro atoms. The monoisotopic (exact) mass is 258 g/mol. The molecule has 0 unspecified atom stereocenters. The summed E-state index contributed by atoms with van der Waals surface area (Å²) >= 11 is 0. The van der Waals surface area contributed by atoms with E-state index in [0.29, 0.717) is 5.69 Å². The van der Waals surface area contributed by atoms with Crippen LogP contribution in [0.3, 0.4) is 0 Å². The molecular weight excluding hydrogens is 239 g/mol. The molecule has 100 valence electrons. The Hall–Kier alpha value is -2.03. The minimum atomic E-state index is -0.399. The fourth-order valence-corrected chi connectivity index (χ4v) is 1.94. The second-order valence-corrected chi connectivity index (χ2v) is 4.63. The summed E-state index contributed by atoms with van der Waals surface area (Å²) in [5, 5.41) is 3.13. The van der Waals surface area contributed by atoms with Crippen LogP contribution in [-0.4, -0.2) is 0 Å². The molecule has 2 rings (SSSR count). The van der Waals surface area contributed by atoms with E-state index < -0.39 is 5.82 Å². The molecule has 0 saturated carbocycles. The van der Waals surface area contributed by atoms with Crippen LogP contribution in [0.4, 0.5) is 21.5 Å². The van der Waals surface area contributed by atoms with Gasteiger partial charge in [0.15, 0.2) is 0 Å². The highest BCUT2D eigenvalue weighted by Crippen LogP contribution is 2.25. The molecule has 0 radical (unpaired) electrons. The number of unbranched alkanes of at least 4 members (excludes halogenated alkanes) is 1. The zero-order valence-electron chi connectivity index (χ0n) is 11.1. The highest BCUT2D eigenvalue weighted by Gasteiger charge is 2.04. The number of nitrogen functional groups attached to an aromatic ring is 1. The lowest BCUT2D eigenvalue weighted by Gasteiger charge is -2.10. The van der Waals surface area contributed by atoms with Crippen molar-refractivity contribution in [1.82, 2.24) is 0 Å². The van der Waals surface area contributed by atoms with Gasteiger partial charge in [-0.05, 0) is 42.7 Å². The summed E-state index contributed by atoms with van der Waals surface area (Å²) in [6, 6.07) is 12.9. The molecule has 0 amide bonds. The van der Waals surface area contributed by atoms with Crippen LogP contribution in [0.15, 0.2) is 42.5 Å². The standard InChI is InChI=1S/C16H19FN2/c1-2-3-5-12-8-10-13(11-9-12)19-15-7-4-6-14(17)16(15)18/h4,6-11,19H,2-3,5,18H2,1H3. The van der Waals surface area contributed by atoms with Crippen molar-refractivity contribution in [2.75, 3.05) is 11.1 Å². The van der Waals surface area contributed by atoms with Crippen molar-refractivity contribution in [3.63, 3.8) is 0 Å². The number of hydrogen-bond donors (Lipinski definition) is 2. The van der Waals surface area contributed by atoms with Crippen LogP contribution < -0.4 is 11.1 Å². The van der Waals surface area contributed by atoms with Gasteiger partial charge in [0, 0.05) is 5.69 Å². The average molecular weight is 258 g/mol. The Balaban J connectivity index is 2.09. The van der Waals surface area contributed by atoms with Gasteiger partial charge in [0.25, 0.3) is 0 Å². The predicted octanol–water partition coefficient (Wildman–Crippen LogP) is 4.49. The van der Waals surface area contributed by atoms with Crippen molar-refractivity contribution in [2.45, 2.75) is 26.2 Å². The Morgan fingerprint density at radius 2 is 1.84 bits per heavy atom. The Morgan fingerprint density at radius 3 is 2.53 bits per heavy atom. The lowest BCUT2D eigenvalue weighted by molar-refractivity contribution is 0.633. The lowest BCUT2D eigenvalue weighted by Crippen LogP contribution is -1.98. The topological polar surface area (TPSA) is 38.0 Å². The van der Waals surface area contributed by atoms with E-state index in [1.165, 1.54) is 24.5 Å². The minimum Gasteiger partial charge on any atom is -0.395 e. The van der Waals surface area contributed by atoms with E-state index in [9.17, 15) is 4.39 Å². The molecule has 19 heavy (non-hydrogen) atoms. The molecule has 0 saturated heterocycles. The molecule has 0 bridgehead atoms. The van der Waals surface area contributed by atoms with Gasteiger partial charge in [-0.1, -0.05) is 31.5 Å². The molecule has 0 fully saturated rings. The molecule has 0 aliphatic rings. The minimum absolute atomic E-state index is 0.151.